The molecule has 8 aromatic rings. The van der Waals surface area contributed by atoms with E-state index in [1.807, 2.05) is 30.3 Å². The number of fused-ring (bicyclic) bond motifs is 5. The van der Waals surface area contributed by atoms with Crippen molar-refractivity contribution in [1.82, 2.24) is 0 Å². The van der Waals surface area contributed by atoms with E-state index >= 15 is 0 Å². The molecule has 0 saturated heterocycles. The first-order chi connectivity index (χ1) is 25.6. The fraction of sp³-hybridized carbons (Fsp3) is 0. The molecular formula is C38H24O. The Balaban J connectivity index is 1.65. The van der Waals surface area contributed by atoms with Gasteiger partial charge in [-0.2, -0.15) is 0 Å². The highest BCUT2D eigenvalue weighted by atomic mass is 16.3. The number of furan rings is 1. The molecule has 1 heteroatoms. The average Bonchev–Trinajstić information content (AvgIpc) is 3.59. The molecule has 0 aliphatic heterocycles. The summed E-state index contributed by atoms with van der Waals surface area (Å²) in [6.07, 6.45) is 0. The van der Waals surface area contributed by atoms with Crippen molar-refractivity contribution in [2.45, 2.75) is 0 Å². The van der Waals surface area contributed by atoms with Gasteiger partial charge in [-0.15, -0.1) is 0 Å². The lowest BCUT2D eigenvalue weighted by Gasteiger charge is -2.18. The molecule has 0 spiro atoms. The third-order valence-electron chi connectivity index (χ3n) is 6.79. The zero-order chi connectivity index (χ0) is 38.8. The zero-order valence-corrected chi connectivity index (χ0v) is 20.1. The maximum absolute atomic E-state index is 9.52. The van der Waals surface area contributed by atoms with E-state index in [0.717, 1.165) is 11.1 Å². The molecule has 0 aliphatic carbocycles. The van der Waals surface area contributed by atoms with E-state index in [1.165, 1.54) is 0 Å². The lowest BCUT2D eigenvalue weighted by Crippen LogP contribution is -1.91. The minimum Gasteiger partial charge on any atom is -0.456 e. The van der Waals surface area contributed by atoms with Crippen LogP contribution in [0.2, 0.25) is 0 Å². The standard InChI is InChI=1S/C38H24O/c1-2-10-25(11-3-1)26-18-20-27(21-19-26)37-30-13-4-6-15-32(30)38(33-16-7-5-14-31(33)37)28-22-23-36-34(24-28)29-12-8-9-17-35(29)39-36/h1-24H/i4D,5D,6D,7D,8D,9D,12D,13D,14D,15D,16D,17D,22D,23D,24D. The summed E-state index contributed by atoms with van der Waals surface area (Å²) in [6.45, 7) is 0. The second-order valence-electron chi connectivity index (χ2n) is 8.95. The van der Waals surface area contributed by atoms with Crippen LogP contribution in [0.25, 0.3) is 76.9 Å². The first-order valence-corrected chi connectivity index (χ1v) is 12.1. The van der Waals surface area contributed by atoms with Crippen LogP contribution in [0.1, 0.15) is 20.6 Å². The van der Waals surface area contributed by atoms with Crippen LogP contribution in [-0.2, 0) is 0 Å². The summed E-state index contributed by atoms with van der Waals surface area (Å²) in [6, 6.07) is 7.04. The molecule has 1 aromatic heterocycles. The Morgan fingerprint density at radius 1 is 0.385 bits per heavy atom. The predicted octanol–water partition coefficient (Wildman–Crippen LogP) is 10.9. The van der Waals surface area contributed by atoms with Gasteiger partial charge in [0.15, 0.2) is 0 Å². The molecule has 0 unspecified atom stereocenters. The van der Waals surface area contributed by atoms with E-state index in [1.54, 1.807) is 24.3 Å². The van der Waals surface area contributed by atoms with Crippen LogP contribution in [0.4, 0.5) is 0 Å². The molecule has 1 heterocycles. The third-order valence-corrected chi connectivity index (χ3v) is 6.79. The van der Waals surface area contributed by atoms with Crippen molar-refractivity contribution in [2.24, 2.45) is 0 Å². The van der Waals surface area contributed by atoms with Gasteiger partial charge >= 0.3 is 0 Å². The molecule has 0 fully saturated rings. The maximum Gasteiger partial charge on any atom is 0.135 e. The predicted molar refractivity (Wildman–Crippen MR) is 165 cm³/mol. The van der Waals surface area contributed by atoms with Crippen molar-refractivity contribution in [3.8, 4) is 33.4 Å². The topological polar surface area (TPSA) is 13.1 Å². The summed E-state index contributed by atoms with van der Waals surface area (Å²) in [5.41, 5.74) is 0.607. The quantitative estimate of drug-likeness (QED) is 0.215. The molecule has 1 nitrogen and oxygen atoms in total. The largest absolute Gasteiger partial charge is 0.456 e. The summed E-state index contributed by atoms with van der Waals surface area (Å²) in [7, 11) is 0. The Labute approximate surface area is 247 Å². The molecule has 0 atom stereocenters. The summed E-state index contributed by atoms with van der Waals surface area (Å²) >= 11 is 0. The van der Waals surface area contributed by atoms with Crippen molar-refractivity contribution in [3.05, 3.63) is 145 Å². The fourth-order valence-electron chi connectivity index (χ4n) is 5.05. The minimum atomic E-state index is -0.691. The molecule has 0 aliphatic rings. The lowest BCUT2D eigenvalue weighted by molar-refractivity contribution is 0.669. The van der Waals surface area contributed by atoms with E-state index in [0.29, 0.717) is 5.56 Å². The maximum atomic E-state index is 9.52. The molecule has 7 aromatic carbocycles. The Morgan fingerprint density at radius 3 is 1.51 bits per heavy atom. The molecule has 0 radical (unpaired) electrons. The molecule has 0 amide bonds. The van der Waals surface area contributed by atoms with Gasteiger partial charge in [0.1, 0.15) is 11.2 Å². The summed E-state index contributed by atoms with van der Waals surface area (Å²) < 4.78 is 139. The van der Waals surface area contributed by atoms with E-state index in [2.05, 4.69) is 0 Å². The summed E-state index contributed by atoms with van der Waals surface area (Å²) in [5, 5.41) is -1.34. The third kappa shape index (κ3) is 3.48. The van der Waals surface area contributed by atoms with Crippen LogP contribution in [0.15, 0.2) is 150 Å². The number of hydrogen-bond donors (Lipinski definition) is 0. The lowest BCUT2D eigenvalue weighted by atomic mass is 9.85. The van der Waals surface area contributed by atoms with Gasteiger partial charge in [-0.25, -0.2) is 0 Å². The highest BCUT2D eigenvalue weighted by Gasteiger charge is 2.17. The van der Waals surface area contributed by atoms with Crippen LogP contribution in [-0.4, -0.2) is 0 Å². The second-order valence-corrected chi connectivity index (χ2v) is 8.95. The van der Waals surface area contributed by atoms with Crippen molar-refractivity contribution in [2.75, 3.05) is 0 Å². The summed E-state index contributed by atoms with van der Waals surface area (Å²) in [4.78, 5) is 0. The Kier molecular flexibility index (Phi) is 2.62. The van der Waals surface area contributed by atoms with Gasteiger partial charge in [0.05, 0.1) is 20.6 Å². The number of benzene rings is 7. The van der Waals surface area contributed by atoms with Gasteiger partial charge in [-0.1, -0.05) is 127 Å². The second kappa shape index (κ2) is 8.72. The van der Waals surface area contributed by atoms with Crippen LogP contribution in [0.3, 0.4) is 0 Å². The molecule has 0 N–H and O–H groups in total. The first-order valence-electron chi connectivity index (χ1n) is 19.6. The highest BCUT2D eigenvalue weighted by molar-refractivity contribution is 6.22. The average molecular weight is 512 g/mol. The van der Waals surface area contributed by atoms with E-state index in [-0.39, 0.29) is 54.6 Å². The van der Waals surface area contributed by atoms with E-state index in [9.17, 15) is 8.22 Å². The molecular weight excluding hydrogens is 472 g/mol. The van der Waals surface area contributed by atoms with Gasteiger partial charge in [-0.05, 0) is 73.1 Å². The summed E-state index contributed by atoms with van der Waals surface area (Å²) in [5.74, 6) is 0. The van der Waals surface area contributed by atoms with Crippen molar-refractivity contribution < 1.29 is 25.0 Å². The van der Waals surface area contributed by atoms with Crippen LogP contribution in [0, 0.1) is 0 Å². The van der Waals surface area contributed by atoms with Gasteiger partial charge in [0, 0.05) is 10.8 Å². The number of hydrogen-bond acceptors (Lipinski definition) is 1. The smallest absolute Gasteiger partial charge is 0.135 e. The van der Waals surface area contributed by atoms with Crippen molar-refractivity contribution in [1.29, 1.82) is 0 Å². The van der Waals surface area contributed by atoms with E-state index in [4.69, 9.17) is 16.8 Å². The molecule has 0 saturated carbocycles. The highest BCUT2D eigenvalue weighted by Crippen LogP contribution is 2.44. The number of rotatable bonds is 3. The van der Waals surface area contributed by atoms with Gasteiger partial charge in [-0.3, -0.25) is 0 Å². The molecule has 8 rings (SSSR count). The first kappa shape index (κ1) is 11.7. The van der Waals surface area contributed by atoms with Crippen molar-refractivity contribution in [3.63, 3.8) is 0 Å². The SMILES string of the molecule is [2H]c1c([2H])c([2H])c2c(oc3c([2H])c([2H])c(-c4c5c([2H])c([2H])c([2H])c([2H])c5c(-c5ccc(-c6ccccc6)cc5)c5c([2H])c([2H])c([2H])c([2H])c45)c([2H])c32)c1[2H]. The number of para-hydroxylation sites is 1. The van der Waals surface area contributed by atoms with Gasteiger partial charge in [0.25, 0.3) is 0 Å². The molecule has 182 valence electrons. The minimum absolute atomic E-state index is 0.0653. The Morgan fingerprint density at radius 2 is 0.872 bits per heavy atom. The van der Waals surface area contributed by atoms with Gasteiger partial charge in [0.2, 0.25) is 0 Å². The Hall–Kier alpha value is -5.14. The monoisotopic (exact) mass is 511 g/mol. The normalized spacial score (nSPS) is 17.0. The van der Waals surface area contributed by atoms with Crippen molar-refractivity contribution >= 4 is 43.5 Å². The van der Waals surface area contributed by atoms with E-state index < -0.39 is 96.2 Å². The van der Waals surface area contributed by atoms with Crippen LogP contribution in [0.5, 0.6) is 0 Å². The molecule has 0 bridgehead atoms. The fourth-order valence-corrected chi connectivity index (χ4v) is 5.05. The van der Waals surface area contributed by atoms with Crippen LogP contribution >= 0.6 is 0 Å². The zero-order valence-electron chi connectivity index (χ0n) is 35.1. The Bertz CT molecular complexity index is 2890. The van der Waals surface area contributed by atoms with Gasteiger partial charge < -0.3 is 4.42 Å². The molecule has 39 heavy (non-hydrogen) atoms. The van der Waals surface area contributed by atoms with Crippen LogP contribution < -0.4 is 0 Å².